The number of amides is 3. The van der Waals surface area contributed by atoms with Crippen LogP contribution in [0.25, 0.3) is 5.70 Å². The number of nitrogens with one attached hydrogen (secondary N) is 1. The maximum Gasteiger partial charge on any atom is 0.434 e. The molecule has 10 nitrogen and oxygen atoms in total. The molecule has 1 fully saturated rings. The number of ether oxygens (including phenoxy) is 4. The van der Waals surface area contributed by atoms with Crippen LogP contribution in [-0.4, -0.2) is 58.6 Å². The summed E-state index contributed by atoms with van der Waals surface area (Å²) in [6, 6.07) is 6.79. The molecule has 0 atom stereocenters. The number of nitrogens with zero attached hydrogens (tertiary/aromatic N) is 2. The summed E-state index contributed by atoms with van der Waals surface area (Å²) in [5.41, 5.74) is 0.461. The van der Waals surface area contributed by atoms with Gasteiger partial charge in [-0.05, 0) is 86.1 Å². The predicted molar refractivity (Wildman–Crippen MR) is 135 cm³/mol. The summed E-state index contributed by atoms with van der Waals surface area (Å²) in [6.07, 6.45) is -1.61. The van der Waals surface area contributed by atoms with Gasteiger partial charge >= 0.3 is 18.3 Å². The molecular formula is C26H39N3O7. The number of cyclic esters (lactones) is 1. The van der Waals surface area contributed by atoms with Crippen molar-refractivity contribution in [2.45, 2.75) is 85.5 Å². The third kappa shape index (κ3) is 7.05. The first-order chi connectivity index (χ1) is 16.5. The van der Waals surface area contributed by atoms with E-state index in [1.165, 1.54) is 7.11 Å². The van der Waals surface area contributed by atoms with E-state index in [-0.39, 0.29) is 11.5 Å². The van der Waals surface area contributed by atoms with Crippen LogP contribution in [0.5, 0.6) is 5.75 Å². The van der Waals surface area contributed by atoms with E-state index in [0.717, 1.165) is 5.01 Å². The van der Waals surface area contributed by atoms with Crippen molar-refractivity contribution >= 4 is 24.0 Å². The molecule has 0 spiro atoms. The first-order valence-corrected chi connectivity index (χ1v) is 11.9. The first-order valence-electron chi connectivity index (χ1n) is 11.9. The van der Waals surface area contributed by atoms with Crippen molar-refractivity contribution in [1.29, 1.82) is 0 Å². The Morgan fingerprint density at radius 3 is 2.06 bits per heavy atom. The molecular weight excluding hydrogens is 466 g/mol. The molecule has 0 saturated carbocycles. The molecule has 1 N–H and O–H groups in total. The molecule has 2 rings (SSSR count). The van der Waals surface area contributed by atoms with Gasteiger partial charge < -0.3 is 18.9 Å². The van der Waals surface area contributed by atoms with E-state index in [1.807, 2.05) is 20.8 Å². The van der Waals surface area contributed by atoms with Crippen LogP contribution in [0.1, 0.15) is 74.3 Å². The Balaban J connectivity index is 2.77. The number of carbonyl (C=O) groups excluding carboxylic acids is 3. The number of hydrazine groups is 1. The van der Waals surface area contributed by atoms with E-state index in [2.05, 4.69) is 5.43 Å². The molecule has 36 heavy (non-hydrogen) atoms. The van der Waals surface area contributed by atoms with Crippen molar-refractivity contribution in [3.63, 3.8) is 0 Å². The van der Waals surface area contributed by atoms with Crippen molar-refractivity contribution in [1.82, 2.24) is 15.3 Å². The summed E-state index contributed by atoms with van der Waals surface area (Å²) >= 11 is 0. The Labute approximate surface area is 213 Å². The van der Waals surface area contributed by atoms with E-state index in [4.69, 9.17) is 18.9 Å². The van der Waals surface area contributed by atoms with Crippen molar-refractivity contribution in [3.8, 4) is 5.75 Å². The molecule has 0 bridgehead atoms. The average molecular weight is 506 g/mol. The lowest BCUT2D eigenvalue weighted by atomic mass is 9.96. The standard InChI is InChI=1S/C26H39N3O7/c1-11-16-28-22(31)34-20(26(28,8)9)19(17-12-14-18(33-10)15-13-17)29(23(32)36-25(5,6)7)27-21(30)35-24(2,3)4/h12-15H,11,16H2,1-10H3,(H,27,30)/b20-19-. The predicted octanol–water partition coefficient (Wildman–Crippen LogP) is 5.68. The molecule has 1 saturated heterocycles. The maximum atomic E-state index is 13.5. The van der Waals surface area contributed by atoms with Crippen LogP contribution in [0.4, 0.5) is 14.4 Å². The van der Waals surface area contributed by atoms with Gasteiger partial charge in [0.25, 0.3) is 0 Å². The van der Waals surface area contributed by atoms with Gasteiger partial charge in [-0.2, -0.15) is 5.01 Å². The van der Waals surface area contributed by atoms with Crippen LogP contribution in [0.2, 0.25) is 0 Å². The molecule has 1 aromatic carbocycles. The van der Waals surface area contributed by atoms with Crippen molar-refractivity contribution in [2.24, 2.45) is 0 Å². The highest BCUT2D eigenvalue weighted by molar-refractivity contribution is 5.88. The quantitative estimate of drug-likeness (QED) is 0.405. The Morgan fingerprint density at radius 1 is 1.03 bits per heavy atom. The van der Waals surface area contributed by atoms with Gasteiger partial charge in [-0.1, -0.05) is 6.92 Å². The Bertz CT molecular complexity index is 1000. The molecule has 1 aromatic rings. The lowest BCUT2D eigenvalue weighted by Crippen LogP contribution is -2.50. The number of hydrogen-bond donors (Lipinski definition) is 1. The second-order valence-corrected chi connectivity index (χ2v) is 10.9. The molecule has 1 heterocycles. The minimum Gasteiger partial charge on any atom is -0.497 e. The summed E-state index contributed by atoms with van der Waals surface area (Å²) in [5, 5.41) is 0.931. The topological polar surface area (TPSA) is 107 Å². The zero-order chi connectivity index (χ0) is 27.5. The first kappa shape index (κ1) is 28.8. The summed E-state index contributed by atoms with van der Waals surface area (Å²) in [6.45, 7) is 16.3. The lowest BCUT2D eigenvalue weighted by molar-refractivity contribution is 0.0137. The van der Waals surface area contributed by atoms with E-state index >= 15 is 0 Å². The SMILES string of the molecule is CCCN1C(=O)O/C(=C(/c2ccc(OC)cc2)N(NC(=O)OC(C)(C)C)C(=O)OC(C)(C)C)C1(C)C. The van der Waals surface area contributed by atoms with E-state index in [1.54, 1.807) is 70.7 Å². The number of carbonyl (C=O) groups is 3. The molecule has 0 unspecified atom stereocenters. The largest absolute Gasteiger partial charge is 0.497 e. The van der Waals surface area contributed by atoms with Gasteiger partial charge in [0.1, 0.15) is 28.2 Å². The lowest BCUT2D eigenvalue weighted by Gasteiger charge is -2.33. The smallest absolute Gasteiger partial charge is 0.434 e. The minimum atomic E-state index is -0.946. The number of methoxy groups -OCH3 is 1. The van der Waals surface area contributed by atoms with Crippen LogP contribution in [0.15, 0.2) is 30.0 Å². The highest BCUT2D eigenvalue weighted by Gasteiger charge is 2.48. The Morgan fingerprint density at radius 2 is 1.58 bits per heavy atom. The van der Waals surface area contributed by atoms with Crippen LogP contribution in [-0.2, 0) is 14.2 Å². The van der Waals surface area contributed by atoms with Gasteiger partial charge in [0.2, 0.25) is 0 Å². The van der Waals surface area contributed by atoms with Gasteiger partial charge in [-0.25, -0.2) is 19.8 Å². The molecule has 1 aliphatic rings. The van der Waals surface area contributed by atoms with Crippen molar-refractivity contribution in [3.05, 3.63) is 35.6 Å². The molecule has 1 aliphatic heterocycles. The molecule has 3 amide bonds. The van der Waals surface area contributed by atoms with Gasteiger partial charge in [-0.3, -0.25) is 4.90 Å². The maximum absolute atomic E-state index is 13.5. The molecule has 0 aliphatic carbocycles. The van der Waals surface area contributed by atoms with E-state index in [0.29, 0.717) is 24.3 Å². The molecule has 10 heteroatoms. The monoisotopic (exact) mass is 505 g/mol. The fourth-order valence-corrected chi connectivity index (χ4v) is 3.55. The summed E-state index contributed by atoms with van der Waals surface area (Å²) < 4.78 is 22.0. The van der Waals surface area contributed by atoms with Crippen molar-refractivity contribution < 1.29 is 33.3 Å². The van der Waals surface area contributed by atoms with Crippen molar-refractivity contribution in [2.75, 3.05) is 13.7 Å². The van der Waals surface area contributed by atoms with E-state index < -0.39 is 35.0 Å². The second kappa shape index (κ2) is 10.7. The van der Waals surface area contributed by atoms with Crippen LogP contribution >= 0.6 is 0 Å². The number of benzene rings is 1. The zero-order valence-corrected chi connectivity index (χ0v) is 23.0. The molecule has 0 aromatic heterocycles. The normalized spacial score (nSPS) is 16.7. The van der Waals surface area contributed by atoms with Gasteiger partial charge in [0.05, 0.1) is 7.11 Å². The third-order valence-electron chi connectivity index (χ3n) is 5.07. The third-order valence-corrected chi connectivity index (χ3v) is 5.07. The Hall–Kier alpha value is -3.43. The van der Waals surface area contributed by atoms with Gasteiger partial charge in [0.15, 0.2) is 5.76 Å². The second-order valence-electron chi connectivity index (χ2n) is 10.9. The highest BCUT2D eigenvalue weighted by atomic mass is 16.6. The van der Waals surface area contributed by atoms with Crippen LogP contribution in [0, 0.1) is 0 Å². The fraction of sp³-hybridized carbons (Fsp3) is 0.577. The summed E-state index contributed by atoms with van der Waals surface area (Å²) in [5.74, 6) is 0.760. The summed E-state index contributed by atoms with van der Waals surface area (Å²) in [7, 11) is 1.54. The summed E-state index contributed by atoms with van der Waals surface area (Å²) in [4.78, 5) is 40.8. The average Bonchev–Trinajstić information content (AvgIpc) is 2.95. The Kier molecular flexibility index (Phi) is 8.54. The van der Waals surface area contributed by atoms with Crippen LogP contribution < -0.4 is 10.2 Å². The number of rotatable bonds is 5. The van der Waals surface area contributed by atoms with Crippen LogP contribution in [0.3, 0.4) is 0 Å². The van der Waals surface area contributed by atoms with E-state index in [9.17, 15) is 14.4 Å². The van der Waals surface area contributed by atoms with Gasteiger partial charge in [-0.15, -0.1) is 0 Å². The molecule has 0 radical (unpaired) electrons. The zero-order valence-electron chi connectivity index (χ0n) is 23.0. The van der Waals surface area contributed by atoms with Gasteiger partial charge in [0, 0.05) is 12.1 Å². The highest BCUT2D eigenvalue weighted by Crippen LogP contribution is 2.40. The fourth-order valence-electron chi connectivity index (χ4n) is 3.55. The number of hydrogen-bond acceptors (Lipinski definition) is 7. The minimum absolute atomic E-state index is 0.134. The molecule has 200 valence electrons.